The van der Waals surface area contributed by atoms with E-state index in [1.807, 2.05) is 7.05 Å². The van der Waals surface area contributed by atoms with Crippen molar-refractivity contribution < 1.29 is 0 Å². The Kier molecular flexibility index (Phi) is 8.88. The van der Waals surface area contributed by atoms with E-state index in [9.17, 15) is 0 Å². The van der Waals surface area contributed by atoms with Gasteiger partial charge in [0, 0.05) is 0 Å². The predicted octanol–water partition coefficient (Wildman–Crippen LogP) is 0.170. The zero-order valence-electron chi connectivity index (χ0n) is 8.40. The second-order valence-electron chi connectivity index (χ2n) is 3.36. The van der Waals surface area contributed by atoms with E-state index < -0.39 is 0 Å². The molecular formula is C9H23N3. The van der Waals surface area contributed by atoms with Crippen molar-refractivity contribution in [3.63, 3.8) is 0 Å². The van der Waals surface area contributed by atoms with Crippen molar-refractivity contribution in [2.75, 3.05) is 33.2 Å². The molecule has 0 fully saturated rings. The average molecular weight is 173 g/mol. The summed E-state index contributed by atoms with van der Waals surface area (Å²) in [6, 6.07) is 0. The van der Waals surface area contributed by atoms with E-state index in [2.05, 4.69) is 17.6 Å². The van der Waals surface area contributed by atoms with Crippen molar-refractivity contribution in [1.29, 1.82) is 0 Å². The fourth-order valence-electron chi connectivity index (χ4n) is 1.16. The average Bonchev–Trinajstić information content (AvgIpc) is 2.05. The summed E-state index contributed by atoms with van der Waals surface area (Å²) in [5, 5.41) is 6.57. The van der Waals surface area contributed by atoms with E-state index in [1.165, 1.54) is 6.42 Å². The molecule has 0 bridgehead atoms. The van der Waals surface area contributed by atoms with Gasteiger partial charge in [-0.25, -0.2) is 0 Å². The van der Waals surface area contributed by atoms with Gasteiger partial charge in [0.2, 0.25) is 0 Å². The summed E-state index contributed by atoms with van der Waals surface area (Å²) in [5.41, 5.74) is 5.38. The molecule has 0 saturated carbocycles. The van der Waals surface area contributed by atoms with Crippen molar-refractivity contribution in [1.82, 2.24) is 10.6 Å². The molecule has 0 amide bonds. The van der Waals surface area contributed by atoms with E-state index in [4.69, 9.17) is 5.73 Å². The summed E-state index contributed by atoms with van der Waals surface area (Å²) in [4.78, 5) is 0. The zero-order valence-corrected chi connectivity index (χ0v) is 8.40. The van der Waals surface area contributed by atoms with Crippen LogP contribution in [0.15, 0.2) is 0 Å². The highest BCUT2D eigenvalue weighted by Gasteiger charge is 1.97. The maximum atomic E-state index is 5.38. The number of nitrogens with two attached hydrogens (primary N) is 1. The lowest BCUT2D eigenvalue weighted by molar-refractivity contribution is 0.485. The number of rotatable bonds is 8. The van der Waals surface area contributed by atoms with E-state index in [0.717, 1.165) is 32.6 Å². The monoisotopic (exact) mass is 173 g/mol. The molecule has 74 valence electrons. The van der Waals surface area contributed by atoms with Crippen molar-refractivity contribution in [2.24, 2.45) is 11.7 Å². The SMILES string of the molecule is CNCC(C)CNCCCCN. The minimum Gasteiger partial charge on any atom is -0.330 e. The molecule has 0 aliphatic carbocycles. The molecule has 0 radical (unpaired) electrons. The van der Waals surface area contributed by atoms with E-state index in [-0.39, 0.29) is 0 Å². The van der Waals surface area contributed by atoms with Gasteiger partial charge in [-0.15, -0.1) is 0 Å². The third-order valence-electron chi connectivity index (χ3n) is 1.85. The van der Waals surface area contributed by atoms with Gasteiger partial charge in [-0.2, -0.15) is 0 Å². The fourth-order valence-corrected chi connectivity index (χ4v) is 1.16. The normalized spacial score (nSPS) is 13.2. The predicted molar refractivity (Wildman–Crippen MR) is 54.2 cm³/mol. The van der Waals surface area contributed by atoms with Gasteiger partial charge in [-0.1, -0.05) is 6.92 Å². The highest BCUT2D eigenvalue weighted by atomic mass is 14.9. The molecule has 4 N–H and O–H groups in total. The molecular weight excluding hydrogens is 150 g/mol. The Balaban J connectivity index is 2.97. The summed E-state index contributed by atoms with van der Waals surface area (Å²) in [5.74, 6) is 0.716. The minimum atomic E-state index is 0.716. The summed E-state index contributed by atoms with van der Waals surface area (Å²) in [6.07, 6.45) is 2.33. The molecule has 0 aliphatic heterocycles. The number of nitrogens with one attached hydrogen (secondary N) is 2. The van der Waals surface area contributed by atoms with Gasteiger partial charge in [0.15, 0.2) is 0 Å². The highest BCUT2D eigenvalue weighted by Crippen LogP contribution is 1.89. The molecule has 3 nitrogen and oxygen atoms in total. The maximum Gasteiger partial charge on any atom is -0.00110 e. The van der Waals surface area contributed by atoms with Crippen LogP contribution in [0, 0.1) is 5.92 Å². The summed E-state index contributed by atoms with van der Waals surface area (Å²) < 4.78 is 0. The largest absolute Gasteiger partial charge is 0.330 e. The van der Waals surface area contributed by atoms with Crippen LogP contribution in [0.3, 0.4) is 0 Å². The first-order valence-electron chi connectivity index (χ1n) is 4.86. The molecule has 3 heteroatoms. The molecule has 0 aliphatic rings. The minimum absolute atomic E-state index is 0.716. The molecule has 0 aromatic rings. The first kappa shape index (κ1) is 11.9. The second kappa shape index (κ2) is 8.97. The zero-order chi connectivity index (χ0) is 9.23. The van der Waals surface area contributed by atoms with Crippen molar-refractivity contribution in [2.45, 2.75) is 19.8 Å². The first-order valence-corrected chi connectivity index (χ1v) is 4.86. The lowest BCUT2D eigenvalue weighted by Gasteiger charge is -2.11. The summed E-state index contributed by atoms with van der Waals surface area (Å²) in [6.45, 7) is 6.35. The smallest absolute Gasteiger partial charge is 0.00110 e. The maximum absolute atomic E-state index is 5.38. The lowest BCUT2D eigenvalue weighted by Crippen LogP contribution is -2.28. The molecule has 0 heterocycles. The molecule has 12 heavy (non-hydrogen) atoms. The number of hydrogen-bond acceptors (Lipinski definition) is 3. The topological polar surface area (TPSA) is 50.1 Å². The molecule has 0 rings (SSSR count). The van der Waals surface area contributed by atoms with Crippen molar-refractivity contribution in [3.05, 3.63) is 0 Å². The van der Waals surface area contributed by atoms with Crippen LogP contribution in [0.25, 0.3) is 0 Å². The lowest BCUT2D eigenvalue weighted by atomic mass is 10.2. The highest BCUT2D eigenvalue weighted by molar-refractivity contribution is 4.58. The van der Waals surface area contributed by atoms with Crippen LogP contribution in [0.4, 0.5) is 0 Å². The molecule has 0 saturated heterocycles. The van der Waals surface area contributed by atoms with Crippen LogP contribution in [-0.4, -0.2) is 33.2 Å². The van der Waals surface area contributed by atoms with Crippen LogP contribution in [-0.2, 0) is 0 Å². The molecule has 0 spiro atoms. The van der Waals surface area contributed by atoms with E-state index in [1.54, 1.807) is 0 Å². The van der Waals surface area contributed by atoms with Gasteiger partial charge in [0.25, 0.3) is 0 Å². The Hall–Kier alpha value is -0.120. The van der Waals surface area contributed by atoms with Crippen LogP contribution in [0.1, 0.15) is 19.8 Å². The molecule has 1 atom stereocenters. The van der Waals surface area contributed by atoms with Gasteiger partial charge in [0.1, 0.15) is 0 Å². The summed E-state index contributed by atoms with van der Waals surface area (Å²) >= 11 is 0. The molecule has 0 aromatic heterocycles. The first-order chi connectivity index (χ1) is 5.81. The third-order valence-corrected chi connectivity index (χ3v) is 1.85. The Morgan fingerprint density at radius 2 is 2.00 bits per heavy atom. The number of hydrogen-bond donors (Lipinski definition) is 3. The second-order valence-corrected chi connectivity index (χ2v) is 3.36. The fraction of sp³-hybridized carbons (Fsp3) is 1.00. The van der Waals surface area contributed by atoms with Crippen LogP contribution >= 0.6 is 0 Å². The van der Waals surface area contributed by atoms with Crippen molar-refractivity contribution >= 4 is 0 Å². The number of unbranched alkanes of at least 4 members (excludes halogenated alkanes) is 1. The van der Waals surface area contributed by atoms with E-state index in [0.29, 0.717) is 5.92 Å². The Morgan fingerprint density at radius 1 is 1.25 bits per heavy atom. The van der Waals surface area contributed by atoms with Gasteiger partial charge in [0.05, 0.1) is 0 Å². The van der Waals surface area contributed by atoms with Crippen LogP contribution < -0.4 is 16.4 Å². The Bertz CT molecular complexity index is 85.8. The van der Waals surface area contributed by atoms with Gasteiger partial charge < -0.3 is 16.4 Å². The van der Waals surface area contributed by atoms with Gasteiger partial charge >= 0.3 is 0 Å². The Morgan fingerprint density at radius 3 is 2.58 bits per heavy atom. The summed E-state index contributed by atoms with van der Waals surface area (Å²) in [7, 11) is 1.99. The Labute approximate surface area is 76.1 Å². The molecule has 0 aromatic carbocycles. The molecule has 1 unspecified atom stereocenters. The quantitative estimate of drug-likeness (QED) is 0.459. The van der Waals surface area contributed by atoms with Gasteiger partial charge in [-0.05, 0) is 52.0 Å². The van der Waals surface area contributed by atoms with E-state index >= 15 is 0 Å². The van der Waals surface area contributed by atoms with Crippen LogP contribution in [0.5, 0.6) is 0 Å². The van der Waals surface area contributed by atoms with Crippen LogP contribution in [0.2, 0.25) is 0 Å². The van der Waals surface area contributed by atoms with Gasteiger partial charge in [-0.3, -0.25) is 0 Å². The third kappa shape index (κ3) is 7.98. The van der Waals surface area contributed by atoms with Crippen molar-refractivity contribution in [3.8, 4) is 0 Å². The standard InChI is InChI=1S/C9H23N3/c1-9(7-11-2)8-12-6-4-3-5-10/h9,11-12H,3-8,10H2,1-2H3.